The van der Waals surface area contributed by atoms with Gasteiger partial charge in [-0.15, -0.1) is 0 Å². The number of benzene rings is 1. The maximum atomic E-state index is 14.1. The number of hydrogen-bond donors (Lipinski definition) is 2. The van der Waals surface area contributed by atoms with Crippen LogP contribution in [0.3, 0.4) is 0 Å². The van der Waals surface area contributed by atoms with E-state index in [9.17, 15) is 30.8 Å². The summed E-state index contributed by atoms with van der Waals surface area (Å²) < 4.78 is 80.1. The second-order valence-electron chi connectivity index (χ2n) is 7.92. The van der Waals surface area contributed by atoms with E-state index in [0.717, 1.165) is 12.1 Å². The number of carbonyl (C=O) groups is 1. The molecule has 0 aromatic heterocycles. The molecule has 2 N–H and O–H groups in total. The van der Waals surface area contributed by atoms with Gasteiger partial charge in [0.05, 0.1) is 17.6 Å². The van der Waals surface area contributed by atoms with Crippen LogP contribution in [-0.2, 0) is 14.6 Å². The second kappa shape index (κ2) is 8.15. The number of nitrogens with one attached hydrogen (secondary N) is 2. The molecule has 0 radical (unpaired) electrons. The van der Waals surface area contributed by atoms with Crippen molar-refractivity contribution in [2.75, 3.05) is 11.5 Å². The Morgan fingerprint density at radius 2 is 1.90 bits per heavy atom. The van der Waals surface area contributed by atoms with Crippen molar-refractivity contribution in [2.24, 2.45) is 5.92 Å². The van der Waals surface area contributed by atoms with Crippen LogP contribution < -0.4 is 10.6 Å². The monoisotopic (exact) mass is 447 g/mol. The number of alkyl halides is 3. The molecule has 2 aliphatic rings. The topological polar surface area (TPSA) is 99.1 Å². The first-order valence-corrected chi connectivity index (χ1v) is 11.3. The Morgan fingerprint density at radius 3 is 2.40 bits per heavy atom. The van der Waals surface area contributed by atoms with Crippen molar-refractivity contribution < 1.29 is 30.8 Å². The number of amides is 1. The Labute approximate surface area is 171 Å². The van der Waals surface area contributed by atoms with Crippen molar-refractivity contribution in [1.82, 2.24) is 10.6 Å². The van der Waals surface area contributed by atoms with Crippen molar-refractivity contribution in [3.8, 4) is 6.07 Å². The Hall–Kier alpha value is -2.19. The molecule has 1 amide bonds. The number of rotatable bonds is 9. The summed E-state index contributed by atoms with van der Waals surface area (Å²) in [5.41, 5.74) is -1.94. The number of sulfone groups is 1. The summed E-state index contributed by atoms with van der Waals surface area (Å²) in [5, 5.41) is 13.5. The van der Waals surface area contributed by atoms with Crippen LogP contribution in [0.1, 0.15) is 37.3 Å². The molecular weight excluding hydrogens is 426 g/mol. The molecule has 0 bridgehead atoms. The van der Waals surface area contributed by atoms with E-state index in [1.54, 1.807) is 0 Å². The van der Waals surface area contributed by atoms with Crippen LogP contribution in [0.15, 0.2) is 24.3 Å². The molecule has 1 aromatic rings. The van der Waals surface area contributed by atoms with E-state index in [2.05, 4.69) is 5.32 Å². The van der Waals surface area contributed by atoms with Crippen molar-refractivity contribution >= 4 is 15.7 Å². The molecule has 3 rings (SSSR count). The Balaban J connectivity index is 1.88. The predicted molar refractivity (Wildman–Crippen MR) is 99.2 cm³/mol. The van der Waals surface area contributed by atoms with E-state index in [1.807, 2.05) is 11.4 Å². The third-order valence-electron chi connectivity index (χ3n) is 5.16. The highest BCUT2D eigenvalue weighted by atomic mass is 32.2. The van der Waals surface area contributed by atoms with Crippen LogP contribution in [0.4, 0.5) is 17.6 Å². The fraction of sp³-hybridized carbons (Fsp3) is 0.579. The summed E-state index contributed by atoms with van der Waals surface area (Å²) in [7, 11) is -3.86. The fourth-order valence-electron chi connectivity index (χ4n) is 3.15. The van der Waals surface area contributed by atoms with Crippen LogP contribution in [0.5, 0.6) is 0 Å². The zero-order chi connectivity index (χ0) is 22.2. The van der Waals surface area contributed by atoms with Gasteiger partial charge in [0.1, 0.15) is 23.4 Å². The van der Waals surface area contributed by atoms with Gasteiger partial charge in [-0.25, -0.2) is 12.8 Å². The van der Waals surface area contributed by atoms with E-state index >= 15 is 0 Å². The van der Waals surface area contributed by atoms with Crippen molar-refractivity contribution in [2.45, 2.75) is 49.5 Å². The Morgan fingerprint density at radius 1 is 1.27 bits per heavy atom. The normalized spacial score (nSPS) is 20.1. The molecule has 1 aromatic carbocycles. The number of nitrogens with zero attached hydrogens (tertiary/aromatic N) is 1. The van der Waals surface area contributed by atoms with Crippen LogP contribution in [0.25, 0.3) is 0 Å². The molecular formula is C19H21F4N3O3S. The SMILES string of the molecule is N#CC1(NC(=O)[C@H](CS(=O)(=O)CC2CC2)N[C@H](c2ccccc2F)C(F)(F)F)CC1. The summed E-state index contributed by atoms with van der Waals surface area (Å²) in [6.07, 6.45) is -2.92. The highest BCUT2D eigenvalue weighted by Gasteiger charge is 2.48. The maximum absolute atomic E-state index is 14.1. The molecule has 2 aliphatic carbocycles. The molecule has 0 unspecified atom stereocenters. The van der Waals surface area contributed by atoms with Gasteiger partial charge in [-0.05, 0) is 37.7 Å². The average Bonchev–Trinajstić information content (AvgIpc) is 3.56. The maximum Gasteiger partial charge on any atom is 0.408 e. The van der Waals surface area contributed by atoms with Gasteiger partial charge < -0.3 is 5.32 Å². The first-order valence-electron chi connectivity index (χ1n) is 9.46. The third-order valence-corrected chi connectivity index (χ3v) is 6.98. The number of hydrogen-bond acceptors (Lipinski definition) is 5. The minimum atomic E-state index is -4.99. The molecule has 2 saturated carbocycles. The van der Waals surface area contributed by atoms with Gasteiger partial charge >= 0.3 is 6.18 Å². The molecule has 0 heterocycles. The molecule has 6 nitrogen and oxygen atoms in total. The van der Waals surface area contributed by atoms with Gasteiger partial charge in [-0.3, -0.25) is 10.1 Å². The summed E-state index contributed by atoms with van der Waals surface area (Å²) in [6, 6.07) is 1.69. The molecule has 0 aliphatic heterocycles. The molecule has 11 heteroatoms. The Kier molecular flexibility index (Phi) is 6.11. The van der Waals surface area contributed by atoms with Crippen molar-refractivity contribution in [3.63, 3.8) is 0 Å². The molecule has 2 fully saturated rings. The Bertz CT molecular complexity index is 951. The first-order chi connectivity index (χ1) is 13.9. The lowest BCUT2D eigenvalue weighted by atomic mass is 10.0. The van der Waals surface area contributed by atoms with Gasteiger partial charge in [-0.2, -0.15) is 18.4 Å². The minimum absolute atomic E-state index is 0.0578. The third kappa shape index (κ3) is 5.70. The molecule has 0 saturated heterocycles. The summed E-state index contributed by atoms with van der Waals surface area (Å²) in [4.78, 5) is 12.7. The van der Waals surface area contributed by atoms with Gasteiger partial charge in [-0.1, -0.05) is 18.2 Å². The van der Waals surface area contributed by atoms with Gasteiger partial charge in [0.15, 0.2) is 9.84 Å². The van der Waals surface area contributed by atoms with Gasteiger partial charge in [0.25, 0.3) is 0 Å². The summed E-state index contributed by atoms with van der Waals surface area (Å²) in [6.45, 7) is 0. The van der Waals surface area contributed by atoms with E-state index in [4.69, 9.17) is 5.26 Å². The second-order valence-corrected chi connectivity index (χ2v) is 10.1. The van der Waals surface area contributed by atoms with Crippen LogP contribution >= 0.6 is 0 Å². The van der Waals surface area contributed by atoms with Crippen LogP contribution in [-0.4, -0.2) is 43.6 Å². The molecule has 164 valence electrons. The van der Waals surface area contributed by atoms with Gasteiger partial charge in [0, 0.05) is 5.56 Å². The standard InChI is InChI=1S/C19H21F4N3O3S/c20-14-4-2-1-3-13(14)16(19(21,22)23)25-15(10-30(28,29)9-12-5-6-12)17(27)26-18(11-24)7-8-18/h1-4,12,15-16,25H,5-10H2,(H,26,27)/t15-,16+/m0/s1. The number of carbonyl (C=O) groups excluding carboxylic acids is 1. The molecule has 0 spiro atoms. The van der Waals surface area contributed by atoms with Crippen LogP contribution in [0, 0.1) is 23.1 Å². The summed E-state index contributed by atoms with van der Waals surface area (Å²) in [5.74, 6) is -3.32. The zero-order valence-electron chi connectivity index (χ0n) is 15.9. The zero-order valence-corrected chi connectivity index (χ0v) is 16.7. The van der Waals surface area contributed by atoms with E-state index in [0.29, 0.717) is 25.7 Å². The van der Waals surface area contributed by atoms with Crippen LogP contribution in [0.2, 0.25) is 0 Å². The predicted octanol–water partition coefficient (Wildman–Crippen LogP) is 2.38. The van der Waals surface area contributed by atoms with Crippen molar-refractivity contribution in [3.05, 3.63) is 35.6 Å². The average molecular weight is 447 g/mol. The minimum Gasteiger partial charge on any atom is -0.336 e. The largest absolute Gasteiger partial charge is 0.408 e. The smallest absolute Gasteiger partial charge is 0.336 e. The number of nitriles is 1. The highest BCUT2D eigenvalue weighted by molar-refractivity contribution is 7.91. The lowest BCUT2D eigenvalue weighted by molar-refractivity contribution is -0.161. The first kappa shape index (κ1) is 22.5. The summed E-state index contributed by atoms with van der Waals surface area (Å²) >= 11 is 0. The lowest BCUT2D eigenvalue weighted by Crippen LogP contribution is -2.54. The van der Waals surface area contributed by atoms with E-state index in [-0.39, 0.29) is 11.7 Å². The van der Waals surface area contributed by atoms with Gasteiger partial charge in [0.2, 0.25) is 5.91 Å². The quantitative estimate of drug-likeness (QED) is 0.567. The van der Waals surface area contributed by atoms with Crippen molar-refractivity contribution in [1.29, 1.82) is 5.26 Å². The van der Waals surface area contributed by atoms with E-state index < -0.39 is 56.7 Å². The fourth-order valence-corrected chi connectivity index (χ4v) is 5.09. The highest BCUT2D eigenvalue weighted by Crippen LogP contribution is 2.36. The number of halogens is 4. The molecule has 2 atom stereocenters. The van der Waals surface area contributed by atoms with E-state index in [1.165, 1.54) is 12.1 Å². The molecule has 30 heavy (non-hydrogen) atoms. The lowest BCUT2D eigenvalue weighted by Gasteiger charge is -2.28.